The molecule has 0 saturated carbocycles. The summed E-state index contributed by atoms with van der Waals surface area (Å²) >= 11 is 0. The lowest BCUT2D eigenvalue weighted by molar-refractivity contribution is 0.594. The predicted molar refractivity (Wildman–Crippen MR) is 55.9 cm³/mol. The SMILES string of the molecule is CC(N)CCS(=O)c1ccccc1F. The molecule has 1 aromatic rings. The molecule has 0 aliphatic carbocycles. The van der Waals surface area contributed by atoms with Crippen molar-refractivity contribution < 1.29 is 8.60 Å². The van der Waals surface area contributed by atoms with Gasteiger partial charge in [0.2, 0.25) is 0 Å². The lowest BCUT2D eigenvalue weighted by atomic mass is 10.3. The molecule has 0 aliphatic rings. The smallest absolute Gasteiger partial charge is 0.139 e. The van der Waals surface area contributed by atoms with E-state index in [-0.39, 0.29) is 10.9 Å². The van der Waals surface area contributed by atoms with Gasteiger partial charge in [-0.25, -0.2) is 4.39 Å². The minimum atomic E-state index is -1.27. The van der Waals surface area contributed by atoms with Gasteiger partial charge in [0.1, 0.15) is 5.82 Å². The summed E-state index contributed by atoms with van der Waals surface area (Å²) in [6.45, 7) is 1.85. The van der Waals surface area contributed by atoms with Crippen molar-refractivity contribution in [1.29, 1.82) is 0 Å². The molecule has 0 heterocycles. The van der Waals surface area contributed by atoms with Gasteiger partial charge in [-0.2, -0.15) is 0 Å². The maximum Gasteiger partial charge on any atom is 0.139 e. The average molecular weight is 215 g/mol. The molecular weight excluding hydrogens is 201 g/mol. The summed E-state index contributed by atoms with van der Waals surface area (Å²) in [4.78, 5) is 0.271. The third-order valence-electron chi connectivity index (χ3n) is 1.84. The van der Waals surface area contributed by atoms with Gasteiger partial charge in [0, 0.05) is 11.8 Å². The first kappa shape index (κ1) is 11.3. The molecule has 2 nitrogen and oxygen atoms in total. The van der Waals surface area contributed by atoms with Crippen LogP contribution >= 0.6 is 0 Å². The van der Waals surface area contributed by atoms with Crippen molar-refractivity contribution >= 4 is 10.8 Å². The van der Waals surface area contributed by atoms with Crippen LogP contribution in [0.25, 0.3) is 0 Å². The summed E-state index contributed by atoms with van der Waals surface area (Å²) in [6, 6.07) is 6.14. The second kappa shape index (κ2) is 5.22. The normalized spacial score (nSPS) is 15.1. The van der Waals surface area contributed by atoms with Gasteiger partial charge in [0.05, 0.1) is 15.7 Å². The first-order valence-electron chi connectivity index (χ1n) is 4.49. The standard InChI is InChI=1S/C10H14FNOS/c1-8(12)6-7-14(13)10-5-3-2-4-9(10)11/h2-5,8H,6-7,12H2,1H3. The zero-order chi connectivity index (χ0) is 10.6. The molecule has 0 spiro atoms. The van der Waals surface area contributed by atoms with Crippen molar-refractivity contribution in [2.75, 3.05) is 5.75 Å². The molecule has 0 aromatic heterocycles. The van der Waals surface area contributed by atoms with Gasteiger partial charge in [-0.15, -0.1) is 0 Å². The van der Waals surface area contributed by atoms with E-state index in [4.69, 9.17) is 5.73 Å². The van der Waals surface area contributed by atoms with E-state index < -0.39 is 16.6 Å². The monoisotopic (exact) mass is 215 g/mol. The molecule has 2 atom stereocenters. The summed E-state index contributed by atoms with van der Waals surface area (Å²) in [5, 5.41) is 0. The molecular formula is C10H14FNOS. The molecule has 0 aliphatic heterocycles. The van der Waals surface area contributed by atoms with Crippen LogP contribution in [0.3, 0.4) is 0 Å². The number of hydrogen-bond donors (Lipinski definition) is 1. The van der Waals surface area contributed by atoms with Crippen molar-refractivity contribution in [2.24, 2.45) is 5.73 Å². The maximum absolute atomic E-state index is 13.1. The van der Waals surface area contributed by atoms with Crippen molar-refractivity contribution in [3.05, 3.63) is 30.1 Å². The van der Waals surface area contributed by atoms with E-state index in [1.807, 2.05) is 6.92 Å². The van der Waals surface area contributed by atoms with Gasteiger partial charge < -0.3 is 5.73 Å². The fourth-order valence-corrected chi connectivity index (χ4v) is 2.35. The molecule has 1 rings (SSSR count). The Bertz CT molecular complexity index is 328. The second-order valence-corrected chi connectivity index (χ2v) is 4.79. The van der Waals surface area contributed by atoms with E-state index in [2.05, 4.69) is 0 Å². The molecule has 14 heavy (non-hydrogen) atoms. The Morgan fingerprint density at radius 3 is 2.71 bits per heavy atom. The number of rotatable bonds is 4. The molecule has 2 unspecified atom stereocenters. The zero-order valence-corrected chi connectivity index (χ0v) is 8.89. The van der Waals surface area contributed by atoms with Crippen LogP contribution in [0.15, 0.2) is 29.2 Å². The molecule has 1 aromatic carbocycles. The summed E-state index contributed by atoms with van der Waals surface area (Å²) in [6.07, 6.45) is 0.640. The second-order valence-electron chi connectivity index (χ2n) is 3.25. The van der Waals surface area contributed by atoms with Crippen LogP contribution < -0.4 is 5.73 Å². The molecule has 0 radical (unpaired) electrons. The van der Waals surface area contributed by atoms with E-state index in [1.165, 1.54) is 6.07 Å². The van der Waals surface area contributed by atoms with Crippen LogP contribution in [-0.4, -0.2) is 16.0 Å². The highest BCUT2D eigenvalue weighted by atomic mass is 32.2. The van der Waals surface area contributed by atoms with Gasteiger partial charge in [-0.05, 0) is 25.5 Å². The predicted octanol–water partition coefficient (Wildman–Crippen LogP) is 1.67. The topological polar surface area (TPSA) is 43.1 Å². The molecule has 0 bridgehead atoms. The Hall–Kier alpha value is -0.740. The molecule has 0 amide bonds. The van der Waals surface area contributed by atoms with Crippen LogP contribution in [0, 0.1) is 5.82 Å². The van der Waals surface area contributed by atoms with Gasteiger partial charge in [-0.3, -0.25) is 4.21 Å². The number of halogens is 1. The van der Waals surface area contributed by atoms with Crippen LogP contribution in [0.5, 0.6) is 0 Å². The van der Waals surface area contributed by atoms with Gasteiger partial charge in [-0.1, -0.05) is 12.1 Å². The lowest BCUT2D eigenvalue weighted by Gasteiger charge is -2.05. The van der Waals surface area contributed by atoms with Gasteiger partial charge >= 0.3 is 0 Å². The summed E-state index contributed by atoms with van der Waals surface area (Å²) in [5.41, 5.74) is 5.53. The quantitative estimate of drug-likeness (QED) is 0.830. The molecule has 0 saturated heterocycles. The molecule has 0 fully saturated rings. The molecule has 78 valence electrons. The highest BCUT2D eigenvalue weighted by molar-refractivity contribution is 7.85. The summed E-state index contributed by atoms with van der Waals surface area (Å²) in [5.74, 6) is 0.00834. The summed E-state index contributed by atoms with van der Waals surface area (Å²) < 4.78 is 24.7. The first-order valence-corrected chi connectivity index (χ1v) is 5.81. The maximum atomic E-state index is 13.1. The number of nitrogens with two attached hydrogens (primary N) is 1. The Labute approximate surface area is 85.8 Å². The highest BCUT2D eigenvalue weighted by Crippen LogP contribution is 2.12. The van der Waals surface area contributed by atoms with Crippen molar-refractivity contribution in [3.63, 3.8) is 0 Å². The van der Waals surface area contributed by atoms with Crippen LogP contribution in [0.1, 0.15) is 13.3 Å². The minimum absolute atomic E-state index is 0.00530. The van der Waals surface area contributed by atoms with E-state index in [0.29, 0.717) is 12.2 Å². The van der Waals surface area contributed by atoms with Crippen LogP contribution in [0.2, 0.25) is 0 Å². The van der Waals surface area contributed by atoms with E-state index >= 15 is 0 Å². The zero-order valence-electron chi connectivity index (χ0n) is 8.07. The third-order valence-corrected chi connectivity index (χ3v) is 3.27. The number of hydrogen-bond acceptors (Lipinski definition) is 2. The van der Waals surface area contributed by atoms with Crippen LogP contribution in [-0.2, 0) is 10.8 Å². The van der Waals surface area contributed by atoms with Crippen molar-refractivity contribution in [2.45, 2.75) is 24.3 Å². The third kappa shape index (κ3) is 3.20. The molecule has 4 heteroatoms. The number of benzene rings is 1. The first-order chi connectivity index (χ1) is 6.61. The lowest BCUT2D eigenvalue weighted by Crippen LogP contribution is -2.18. The Kier molecular flexibility index (Phi) is 4.22. The minimum Gasteiger partial charge on any atom is -0.328 e. The Morgan fingerprint density at radius 1 is 1.50 bits per heavy atom. The fraction of sp³-hybridized carbons (Fsp3) is 0.400. The Balaban J connectivity index is 2.65. The van der Waals surface area contributed by atoms with E-state index in [9.17, 15) is 8.60 Å². The largest absolute Gasteiger partial charge is 0.328 e. The highest BCUT2D eigenvalue weighted by Gasteiger charge is 2.09. The fourth-order valence-electron chi connectivity index (χ4n) is 1.03. The average Bonchev–Trinajstić information content (AvgIpc) is 2.15. The van der Waals surface area contributed by atoms with Crippen molar-refractivity contribution in [3.8, 4) is 0 Å². The van der Waals surface area contributed by atoms with E-state index in [0.717, 1.165) is 0 Å². The van der Waals surface area contributed by atoms with Gasteiger partial charge in [0.25, 0.3) is 0 Å². The molecule has 2 N–H and O–H groups in total. The van der Waals surface area contributed by atoms with Crippen molar-refractivity contribution in [1.82, 2.24) is 0 Å². The summed E-state index contributed by atoms with van der Waals surface area (Å²) in [7, 11) is -1.27. The van der Waals surface area contributed by atoms with Crippen LogP contribution in [0.4, 0.5) is 4.39 Å². The van der Waals surface area contributed by atoms with E-state index in [1.54, 1.807) is 18.2 Å². The Morgan fingerprint density at radius 2 is 2.14 bits per heavy atom. The van der Waals surface area contributed by atoms with Gasteiger partial charge in [0.15, 0.2) is 0 Å².